The lowest BCUT2D eigenvalue weighted by molar-refractivity contribution is -0.137. The van der Waals surface area contributed by atoms with E-state index in [0.717, 1.165) is 34.2 Å². The number of halogens is 3. The molecule has 0 spiro atoms. The van der Waals surface area contributed by atoms with Crippen molar-refractivity contribution < 1.29 is 18.0 Å². The number of aromatic nitrogens is 2. The molecule has 0 aliphatic heterocycles. The summed E-state index contributed by atoms with van der Waals surface area (Å²) < 4.78 is 39.1. The zero-order chi connectivity index (χ0) is 21.8. The molecule has 31 heavy (non-hydrogen) atoms. The van der Waals surface area contributed by atoms with Crippen molar-refractivity contribution in [1.82, 2.24) is 10.2 Å². The Morgan fingerprint density at radius 1 is 0.871 bits per heavy atom. The first kappa shape index (κ1) is 20.9. The highest BCUT2D eigenvalue weighted by molar-refractivity contribution is 7.99. The molecule has 0 saturated carbocycles. The summed E-state index contributed by atoms with van der Waals surface area (Å²) in [5.74, 6) is -0.641. The van der Waals surface area contributed by atoms with Crippen LogP contribution in [0.2, 0.25) is 0 Å². The maximum Gasteiger partial charge on any atom is 0.418 e. The van der Waals surface area contributed by atoms with Gasteiger partial charge in [-0.1, -0.05) is 60.3 Å². The molecule has 4 nitrogen and oxygen atoms in total. The molecule has 1 aromatic heterocycles. The smallest absolute Gasteiger partial charge is 0.325 e. The molecule has 0 bridgehead atoms. The Bertz CT molecular complexity index is 1230. The van der Waals surface area contributed by atoms with Crippen molar-refractivity contribution in [2.75, 3.05) is 11.1 Å². The Hall–Kier alpha value is -3.39. The van der Waals surface area contributed by atoms with E-state index in [1.807, 2.05) is 42.5 Å². The van der Waals surface area contributed by atoms with Crippen molar-refractivity contribution in [3.8, 4) is 11.3 Å². The molecule has 1 heterocycles. The highest BCUT2D eigenvalue weighted by atomic mass is 32.2. The summed E-state index contributed by atoms with van der Waals surface area (Å²) in [6.45, 7) is 0. The van der Waals surface area contributed by atoms with Gasteiger partial charge in [0, 0.05) is 5.56 Å². The van der Waals surface area contributed by atoms with Crippen molar-refractivity contribution in [2.24, 2.45) is 0 Å². The Labute approximate surface area is 180 Å². The number of carbonyl (C=O) groups is 1. The van der Waals surface area contributed by atoms with Gasteiger partial charge in [-0.25, -0.2) is 0 Å². The zero-order valence-electron chi connectivity index (χ0n) is 16.1. The van der Waals surface area contributed by atoms with Crippen LogP contribution in [0, 0.1) is 0 Å². The van der Waals surface area contributed by atoms with Crippen molar-refractivity contribution in [2.45, 2.75) is 11.2 Å². The second-order valence-corrected chi connectivity index (χ2v) is 7.69. The van der Waals surface area contributed by atoms with Gasteiger partial charge in [0.15, 0.2) is 0 Å². The van der Waals surface area contributed by atoms with Gasteiger partial charge in [-0.15, -0.1) is 10.2 Å². The van der Waals surface area contributed by atoms with Crippen LogP contribution in [0.4, 0.5) is 18.9 Å². The lowest BCUT2D eigenvalue weighted by atomic mass is 10.1. The van der Waals surface area contributed by atoms with E-state index in [4.69, 9.17) is 0 Å². The summed E-state index contributed by atoms with van der Waals surface area (Å²) in [4.78, 5) is 12.1. The molecule has 0 fully saturated rings. The standard InChI is InChI=1S/C23H16F3N3OS/c24-23(25,26)18-7-3-4-8-20(18)27-21(30)14-31-22-12-11-19(28-29-22)17-10-9-15-5-1-2-6-16(15)13-17/h1-13H,14H2,(H,27,30). The van der Waals surface area contributed by atoms with Crippen molar-refractivity contribution in [1.29, 1.82) is 0 Å². The van der Waals surface area contributed by atoms with Crippen LogP contribution < -0.4 is 5.32 Å². The predicted octanol–water partition coefficient (Wildman–Crippen LogP) is 6.05. The molecule has 0 atom stereocenters. The van der Waals surface area contributed by atoms with Crippen molar-refractivity contribution in [3.05, 3.63) is 84.4 Å². The number of fused-ring (bicyclic) bond motifs is 1. The molecule has 4 rings (SSSR count). The van der Waals surface area contributed by atoms with Crippen molar-refractivity contribution >= 4 is 34.1 Å². The van der Waals surface area contributed by atoms with Gasteiger partial charge in [0.2, 0.25) is 5.91 Å². The monoisotopic (exact) mass is 439 g/mol. The third-order valence-corrected chi connectivity index (χ3v) is 5.46. The molecule has 0 aliphatic carbocycles. The molecule has 0 aliphatic rings. The van der Waals surface area contributed by atoms with E-state index in [1.165, 1.54) is 18.2 Å². The van der Waals surface area contributed by atoms with E-state index >= 15 is 0 Å². The summed E-state index contributed by atoms with van der Waals surface area (Å²) in [5, 5.41) is 13.4. The highest BCUT2D eigenvalue weighted by Crippen LogP contribution is 2.34. The molecule has 3 aromatic carbocycles. The minimum Gasteiger partial charge on any atom is -0.325 e. The quantitative estimate of drug-likeness (QED) is 0.385. The van der Waals surface area contributed by atoms with Crippen molar-refractivity contribution in [3.63, 3.8) is 0 Å². The van der Waals surface area contributed by atoms with Gasteiger partial charge in [-0.3, -0.25) is 4.79 Å². The van der Waals surface area contributed by atoms with Crippen LogP contribution in [0.15, 0.2) is 83.9 Å². The first-order valence-corrected chi connectivity index (χ1v) is 10.3. The maximum atomic E-state index is 13.0. The topological polar surface area (TPSA) is 54.9 Å². The minimum absolute atomic E-state index is 0.0871. The number of para-hydroxylation sites is 1. The van der Waals surface area contributed by atoms with Crippen LogP contribution in [-0.2, 0) is 11.0 Å². The van der Waals surface area contributed by atoms with Gasteiger partial charge >= 0.3 is 6.18 Å². The van der Waals surface area contributed by atoms with Crippen LogP contribution in [0.1, 0.15) is 5.56 Å². The van der Waals surface area contributed by atoms with E-state index in [2.05, 4.69) is 15.5 Å². The number of nitrogens with zero attached hydrogens (tertiary/aromatic N) is 2. The summed E-state index contributed by atoms with van der Waals surface area (Å²) in [6, 6.07) is 22.4. The van der Waals surface area contributed by atoms with Gasteiger partial charge < -0.3 is 5.32 Å². The van der Waals surface area contributed by atoms with Crippen LogP contribution in [-0.4, -0.2) is 21.9 Å². The zero-order valence-corrected chi connectivity index (χ0v) is 16.9. The second-order valence-electron chi connectivity index (χ2n) is 6.70. The number of rotatable bonds is 5. The van der Waals surface area contributed by atoms with E-state index in [0.29, 0.717) is 10.7 Å². The van der Waals surface area contributed by atoms with Gasteiger partial charge in [-0.2, -0.15) is 13.2 Å². The molecule has 156 valence electrons. The number of carbonyl (C=O) groups excluding carboxylic acids is 1. The third-order valence-electron chi connectivity index (χ3n) is 4.54. The SMILES string of the molecule is O=C(CSc1ccc(-c2ccc3ccccc3c2)nn1)Nc1ccccc1C(F)(F)F. The molecule has 0 unspecified atom stereocenters. The lowest BCUT2D eigenvalue weighted by Crippen LogP contribution is -2.18. The van der Waals surface area contributed by atoms with E-state index in [9.17, 15) is 18.0 Å². The summed E-state index contributed by atoms with van der Waals surface area (Å²) in [5.41, 5.74) is 0.467. The minimum atomic E-state index is -4.54. The number of hydrogen-bond donors (Lipinski definition) is 1. The van der Waals surface area contributed by atoms with E-state index in [1.54, 1.807) is 12.1 Å². The Morgan fingerprint density at radius 3 is 2.35 bits per heavy atom. The molecule has 8 heteroatoms. The average Bonchev–Trinajstić information content (AvgIpc) is 2.77. The first-order chi connectivity index (χ1) is 14.9. The van der Waals surface area contributed by atoms with Gasteiger partial charge in [-0.05, 0) is 41.1 Å². The fourth-order valence-corrected chi connectivity index (χ4v) is 3.68. The molecule has 4 aromatic rings. The number of amides is 1. The number of thioether (sulfide) groups is 1. The number of alkyl halides is 3. The molecule has 0 saturated heterocycles. The molecule has 1 N–H and O–H groups in total. The fraction of sp³-hybridized carbons (Fsp3) is 0.0870. The molecule has 0 radical (unpaired) electrons. The lowest BCUT2D eigenvalue weighted by Gasteiger charge is -2.13. The van der Waals surface area contributed by atoms with Gasteiger partial charge in [0.25, 0.3) is 0 Å². The largest absolute Gasteiger partial charge is 0.418 e. The van der Waals surface area contributed by atoms with Gasteiger partial charge in [0.05, 0.1) is 22.7 Å². The predicted molar refractivity (Wildman–Crippen MR) is 116 cm³/mol. The Balaban J connectivity index is 1.40. The fourth-order valence-electron chi connectivity index (χ4n) is 3.06. The van der Waals surface area contributed by atoms with Crippen LogP contribution in [0.25, 0.3) is 22.0 Å². The average molecular weight is 439 g/mol. The van der Waals surface area contributed by atoms with Gasteiger partial charge in [0.1, 0.15) is 5.03 Å². The number of benzene rings is 3. The Kier molecular flexibility index (Phi) is 5.90. The third kappa shape index (κ3) is 5.03. The maximum absolute atomic E-state index is 13.0. The summed E-state index contributed by atoms with van der Waals surface area (Å²) in [6.07, 6.45) is -4.54. The van der Waals surface area contributed by atoms with E-state index in [-0.39, 0.29) is 11.4 Å². The number of hydrogen-bond acceptors (Lipinski definition) is 4. The normalized spacial score (nSPS) is 11.5. The Morgan fingerprint density at radius 2 is 1.61 bits per heavy atom. The number of nitrogens with one attached hydrogen (secondary N) is 1. The van der Waals surface area contributed by atoms with E-state index < -0.39 is 17.6 Å². The van der Waals surface area contributed by atoms with Crippen LogP contribution in [0.3, 0.4) is 0 Å². The second kappa shape index (κ2) is 8.77. The molecular formula is C23H16F3N3OS. The first-order valence-electron chi connectivity index (χ1n) is 9.32. The summed E-state index contributed by atoms with van der Waals surface area (Å²) in [7, 11) is 0. The molecule has 1 amide bonds. The van der Waals surface area contributed by atoms with Crippen LogP contribution in [0.5, 0.6) is 0 Å². The van der Waals surface area contributed by atoms with Crippen LogP contribution >= 0.6 is 11.8 Å². The molecular weight excluding hydrogens is 423 g/mol. The number of anilines is 1. The highest BCUT2D eigenvalue weighted by Gasteiger charge is 2.33. The summed E-state index contributed by atoms with van der Waals surface area (Å²) >= 11 is 1.10.